The van der Waals surface area contributed by atoms with E-state index in [0.29, 0.717) is 23.8 Å². The predicted octanol–water partition coefficient (Wildman–Crippen LogP) is 2.68. The molecule has 8 nitrogen and oxygen atoms in total. The molecular weight excluding hydrogens is 406 g/mol. The average Bonchev–Trinajstić information content (AvgIpc) is 3.12. The van der Waals surface area contributed by atoms with Gasteiger partial charge in [-0.1, -0.05) is 5.21 Å². The molecule has 0 aliphatic carbocycles. The van der Waals surface area contributed by atoms with Crippen molar-refractivity contribution >= 4 is 5.91 Å². The molecule has 1 amide bonds. The third-order valence-electron chi connectivity index (χ3n) is 4.87. The van der Waals surface area contributed by atoms with E-state index >= 15 is 0 Å². The molecule has 4 heterocycles. The summed E-state index contributed by atoms with van der Waals surface area (Å²) < 4.78 is 54.7. The van der Waals surface area contributed by atoms with Crippen molar-refractivity contribution in [3.63, 3.8) is 0 Å². The minimum atomic E-state index is -5.00. The highest BCUT2D eigenvalue weighted by Gasteiger charge is 2.40. The lowest BCUT2D eigenvalue weighted by molar-refractivity contribution is -0.143. The molecule has 0 N–H and O–H groups in total. The number of aromatic nitrogens is 6. The summed E-state index contributed by atoms with van der Waals surface area (Å²) in [5.74, 6) is -1.50. The van der Waals surface area contributed by atoms with Gasteiger partial charge in [-0.15, -0.1) is 5.10 Å². The second kappa shape index (κ2) is 7.11. The van der Waals surface area contributed by atoms with Gasteiger partial charge in [0.25, 0.3) is 5.91 Å². The van der Waals surface area contributed by atoms with Crippen LogP contribution in [0, 0.1) is 12.7 Å². The Labute approximate surface area is 167 Å². The number of carbonyl (C=O) groups excluding carboxylic acids is 1. The SMILES string of the molecule is Cc1nccc(-n2nnc3c2CCN(C(=O)c2ccnc(C(F)(F)F)c2F)C3C)n1. The molecule has 1 unspecified atom stereocenters. The van der Waals surface area contributed by atoms with Crippen molar-refractivity contribution in [2.45, 2.75) is 32.5 Å². The fraction of sp³-hybridized carbons (Fsp3) is 0.333. The highest BCUT2D eigenvalue weighted by molar-refractivity contribution is 5.95. The number of aryl methyl sites for hydroxylation is 1. The van der Waals surface area contributed by atoms with Gasteiger partial charge in [-0.3, -0.25) is 4.79 Å². The van der Waals surface area contributed by atoms with Crippen molar-refractivity contribution < 1.29 is 22.4 Å². The summed E-state index contributed by atoms with van der Waals surface area (Å²) in [6, 6.07) is 1.98. The van der Waals surface area contributed by atoms with E-state index in [4.69, 9.17) is 0 Å². The number of alkyl halides is 3. The van der Waals surface area contributed by atoms with Gasteiger partial charge in [0.05, 0.1) is 17.3 Å². The van der Waals surface area contributed by atoms with Gasteiger partial charge in [0.1, 0.15) is 11.5 Å². The zero-order chi connectivity index (χ0) is 21.6. The lowest BCUT2D eigenvalue weighted by Crippen LogP contribution is -2.40. The smallest absolute Gasteiger partial charge is 0.330 e. The molecule has 3 aromatic heterocycles. The second-order valence-electron chi connectivity index (χ2n) is 6.74. The highest BCUT2D eigenvalue weighted by Crippen LogP contribution is 2.33. The molecule has 0 bridgehead atoms. The molecule has 30 heavy (non-hydrogen) atoms. The van der Waals surface area contributed by atoms with E-state index in [9.17, 15) is 22.4 Å². The van der Waals surface area contributed by atoms with Crippen LogP contribution in [0.4, 0.5) is 17.6 Å². The molecule has 0 saturated heterocycles. The van der Waals surface area contributed by atoms with Crippen LogP contribution in [0.5, 0.6) is 0 Å². The summed E-state index contributed by atoms with van der Waals surface area (Å²) in [7, 11) is 0. The molecule has 0 radical (unpaired) electrons. The van der Waals surface area contributed by atoms with E-state index in [0.717, 1.165) is 18.0 Å². The van der Waals surface area contributed by atoms with E-state index in [2.05, 4.69) is 25.3 Å². The van der Waals surface area contributed by atoms with E-state index in [1.54, 1.807) is 26.1 Å². The third-order valence-corrected chi connectivity index (χ3v) is 4.87. The minimum Gasteiger partial charge on any atom is -0.330 e. The van der Waals surface area contributed by atoms with E-state index in [1.165, 1.54) is 9.58 Å². The zero-order valence-corrected chi connectivity index (χ0v) is 15.9. The van der Waals surface area contributed by atoms with Crippen LogP contribution in [0.1, 0.15) is 46.2 Å². The Morgan fingerprint density at radius 1 is 1.20 bits per heavy atom. The maximum Gasteiger partial charge on any atom is 0.436 e. The van der Waals surface area contributed by atoms with Gasteiger partial charge in [-0.2, -0.15) is 17.9 Å². The van der Waals surface area contributed by atoms with Gasteiger partial charge in [0, 0.05) is 31.4 Å². The first-order valence-corrected chi connectivity index (χ1v) is 8.95. The van der Waals surface area contributed by atoms with Crippen molar-refractivity contribution in [3.8, 4) is 5.82 Å². The molecule has 1 atom stereocenters. The lowest BCUT2D eigenvalue weighted by atomic mass is 10.0. The molecule has 4 rings (SSSR count). The molecule has 1 aliphatic rings. The molecule has 0 fully saturated rings. The molecule has 0 spiro atoms. The average molecular weight is 421 g/mol. The van der Waals surface area contributed by atoms with Crippen molar-refractivity contribution in [1.82, 2.24) is 34.8 Å². The van der Waals surface area contributed by atoms with Crippen LogP contribution in [0.3, 0.4) is 0 Å². The maximum atomic E-state index is 14.4. The number of halogens is 4. The molecule has 0 saturated carbocycles. The predicted molar refractivity (Wildman–Crippen MR) is 94.0 cm³/mol. The Bertz CT molecular complexity index is 1130. The number of rotatable bonds is 2. The van der Waals surface area contributed by atoms with Gasteiger partial charge < -0.3 is 4.90 Å². The number of pyridine rings is 1. The zero-order valence-electron chi connectivity index (χ0n) is 15.9. The summed E-state index contributed by atoms with van der Waals surface area (Å²) in [6.45, 7) is 3.53. The molecular formula is C18H15F4N7O. The fourth-order valence-electron chi connectivity index (χ4n) is 3.42. The maximum absolute atomic E-state index is 14.4. The van der Waals surface area contributed by atoms with Crippen molar-refractivity contribution in [2.75, 3.05) is 6.54 Å². The third kappa shape index (κ3) is 3.27. The van der Waals surface area contributed by atoms with Crippen molar-refractivity contribution in [2.24, 2.45) is 0 Å². The Kier molecular flexibility index (Phi) is 4.71. The fourth-order valence-corrected chi connectivity index (χ4v) is 3.42. The molecule has 0 aromatic carbocycles. The first kappa shape index (κ1) is 19.9. The van der Waals surface area contributed by atoms with Crippen LogP contribution >= 0.6 is 0 Å². The van der Waals surface area contributed by atoms with Crippen LogP contribution in [-0.2, 0) is 12.6 Å². The van der Waals surface area contributed by atoms with Gasteiger partial charge in [-0.05, 0) is 19.9 Å². The Morgan fingerprint density at radius 2 is 1.93 bits per heavy atom. The number of carbonyl (C=O) groups is 1. The van der Waals surface area contributed by atoms with E-state index in [-0.39, 0.29) is 6.54 Å². The standard InChI is InChI=1S/C18H15F4N7O/c1-9-15-12(29(27-26-15)13-4-7-23-10(2)25-13)5-8-28(9)17(30)11-3-6-24-16(14(11)19)18(20,21)22/h3-4,6-7,9H,5,8H2,1-2H3. The van der Waals surface area contributed by atoms with E-state index < -0.39 is 35.2 Å². The van der Waals surface area contributed by atoms with E-state index in [1.807, 2.05) is 0 Å². The van der Waals surface area contributed by atoms with Crippen LogP contribution in [0.25, 0.3) is 5.82 Å². The van der Waals surface area contributed by atoms with Gasteiger partial charge in [0.15, 0.2) is 17.3 Å². The molecule has 12 heteroatoms. The monoisotopic (exact) mass is 421 g/mol. The Hall–Kier alpha value is -3.44. The van der Waals surface area contributed by atoms with Gasteiger partial charge in [-0.25, -0.2) is 19.3 Å². The first-order chi connectivity index (χ1) is 14.2. The van der Waals surface area contributed by atoms with Crippen LogP contribution in [-0.4, -0.2) is 47.3 Å². The molecule has 156 valence electrons. The second-order valence-corrected chi connectivity index (χ2v) is 6.74. The Morgan fingerprint density at radius 3 is 2.63 bits per heavy atom. The summed E-state index contributed by atoms with van der Waals surface area (Å²) in [5.41, 5.74) is -1.22. The highest BCUT2D eigenvalue weighted by atomic mass is 19.4. The minimum absolute atomic E-state index is 0.146. The quantitative estimate of drug-likeness (QED) is 0.591. The largest absolute Gasteiger partial charge is 0.436 e. The van der Waals surface area contributed by atoms with Gasteiger partial charge in [0.2, 0.25) is 0 Å². The molecule has 1 aliphatic heterocycles. The van der Waals surface area contributed by atoms with Crippen molar-refractivity contribution in [1.29, 1.82) is 0 Å². The van der Waals surface area contributed by atoms with Gasteiger partial charge >= 0.3 is 6.18 Å². The topological polar surface area (TPSA) is 89.7 Å². The number of hydrogen-bond acceptors (Lipinski definition) is 6. The number of hydrogen-bond donors (Lipinski definition) is 0. The number of amides is 1. The van der Waals surface area contributed by atoms with Crippen LogP contribution < -0.4 is 0 Å². The van der Waals surface area contributed by atoms with Crippen LogP contribution in [0.15, 0.2) is 24.5 Å². The first-order valence-electron chi connectivity index (χ1n) is 8.95. The summed E-state index contributed by atoms with van der Waals surface area (Å²) in [5, 5.41) is 8.22. The normalized spacial score (nSPS) is 16.5. The summed E-state index contributed by atoms with van der Waals surface area (Å²) in [6.07, 6.45) is -2.33. The number of nitrogens with zero attached hydrogens (tertiary/aromatic N) is 7. The Balaban J connectivity index is 1.67. The molecule has 3 aromatic rings. The lowest BCUT2D eigenvalue weighted by Gasteiger charge is -2.32. The van der Waals surface area contributed by atoms with Crippen LogP contribution in [0.2, 0.25) is 0 Å². The van der Waals surface area contributed by atoms with Crippen molar-refractivity contribution in [3.05, 3.63) is 58.8 Å². The summed E-state index contributed by atoms with van der Waals surface area (Å²) >= 11 is 0. The summed E-state index contributed by atoms with van der Waals surface area (Å²) in [4.78, 5) is 25.5. The number of fused-ring (bicyclic) bond motifs is 1.